The Balaban J connectivity index is 2.80. The Labute approximate surface area is 90.0 Å². The van der Waals surface area contributed by atoms with Gasteiger partial charge < -0.3 is 15.8 Å². The Kier molecular flexibility index (Phi) is 3.97. The fourth-order valence-electron chi connectivity index (χ4n) is 1.41. The minimum Gasteiger partial charge on any atom is -0.409 e. The molecule has 0 radical (unpaired) electrons. The molecule has 0 aliphatic carbocycles. The second-order valence-corrected chi connectivity index (χ2v) is 3.45. The summed E-state index contributed by atoms with van der Waals surface area (Å²) in [5.74, 6) is 0.139. The van der Waals surface area contributed by atoms with E-state index in [1.54, 1.807) is 0 Å². The molecule has 0 heterocycles. The van der Waals surface area contributed by atoms with Gasteiger partial charge in [-0.2, -0.15) is 0 Å². The third kappa shape index (κ3) is 2.87. The molecule has 0 aromatic heterocycles. The largest absolute Gasteiger partial charge is 0.409 e. The van der Waals surface area contributed by atoms with Crippen molar-refractivity contribution in [2.75, 3.05) is 18.5 Å². The third-order valence-electron chi connectivity index (χ3n) is 2.27. The van der Waals surface area contributed by atoms with Gasteiger partial charge in [-0.25, -0.2) is 0 Å². The van der Waals surface area contributed by atoms with E-state index in [1.807, 2.05) is 31.3 Å². The van der Waals surface area contributed by atoms with E-state index in [9.17, 15) is 0 Å². The number of hydrogen-bond donors (Lipinski definition) is 2. The maximum Gasteiger partial charge on any atom is 0.170 e. The minimum absolute atomic E-state index is 0.139. The van der Waals surface area contributed by atoms with Gasteiger partial charge in [0.25, 0.3) is 0 Å². The van der Waals surface area contributed by atoms with Crippen LogP contribution in [0.1, 0.15) is 18.9 Å². The zero-order valence-electron chi connectivity index (χ0n) is 9.14. The van der Waals surface area contributed by atoms with Gasteiger partial charge in [-0.3, -0.25) is 0 Å². The first-order valence-corrected chi connectivity index (χ1v) is 4.98. The van der Waals surface area contributed by atoms with Gasteiger partial charge in [-0.15, -0.1) is 0 Å². The van der Waals surface area contributed by atoms with E-state index in [1.165, 1.54) is 0 Å². The van der Waals surface area contributed by atoms with Crippen molar-refractivity contribution in [1.82, 2.24) is 0 Å². The van der Waals surface area contributed by atoms with Crippen LogP contribution in [-0.2, 0) is 0 Å². The summed E-state index contributed by atoms with van der Waals surface area (Å²) in [6.07, 6.45) is 1.11. The van der Waals surface area contributed by atoms with Crippen LogP contribution in [0.2, 0.25) is 0 Å². The van der Waals surface area contributed by atoms with E-state index < -0.39 is 0 Å². The summed E-state index contributed by atoms with van der Waals surface area (Å²) in [5, 5.41) is 11.5. The molecule has 0 spiro atoms. The summed E-state index contributed by atoms with van der Waals surface area (Å²) in [5.41, 5.74) is 7.32. The van der Waals surface area contributed by atoms with Crippen molar-refractivity contribution in [2.24, 2.45) is 10.9 Å². The minimum atomic E-state index is 0.139. The monoisotopic (exact) mass is 207 g/mol. The predicted molar refractivity (Wildman–Crippen MR) is 62.5 cm³/mol. The summed E-state index contributed by atoms with van der Waals surface area (Å²) in [7, 11) is 2.04. The standard InChI is InChI=1S/C11H17N3O/c1-3-8-14(2)10-6-4-9(5-7-10)11(12)13-15/h4-7,15H,3,8H2,1-2H3,(H2,12,13). The lowest BCUT2D eigenvalue weighted by atomic mass is 10.2. The van der Waals surface area contributed by atoms with Crippen LogP contribution in [0.5, 0.6) is 0 Å². The van der Waals surface area contributed by atoms with Crippen molar-refractivity contribution >= 4 is 11.5 Å². The second kappa shape index (κ2) is 5.24. The van der Waals surface area contributed by atoms with Gasteiger partial charge in [0.1, 0.15) is 0 Å². The molecule has 3 N–H and O–H groups in total. The zero-order valence-corrected chi connectivity index (χ0v) is 9.14. The van der Waals surface area contributed by atoms with Crippen LogP contribution in [0.4, 0.5) is 5.69 Å². The normalized spacial score (nSPS) is 11.5. The summed E-state index contributed by atoms with van der Waals surface area (Å²) in [6, 6.07) is 7.61. The molecule has 0 fully saturated rings. The van der Waals surface area contributed by atoms with Gasteiger partial charge in [-0.1, -0.05) is 12.1 Å². The molecule has 4 heteroatoms. The average molecular weight is 207 g/mol. The summed E-state index contributed by atoms with van der Waals surface area (Å²) in [4.78, 5) is 2.16. The number of nitrogens with two attached hydrogens (primary N) is 1. The number of nitrogens with zero attached hydrogens (tertiary/aromatic N) is 2. The van der Waals surface area contributed by atoms with Gasteiger partial charge in [0.2, 0.25) is 0 Å². The number of rotatable bonds is 4. The number of benzene rings is 1. The van der Waals surface area contributed by atoms with Crippen LogP contribution >= 0.6 is 0 Å². The van der Waals surface area contributed by atoms with E-state index in [-0.39, 0.29) is 5.84 Å². The Morgan fingerprint density at radius 1 is 1.40 bits per heavy atom. The first-order valence-electron chi connectivity index (χ1n) is 4.98. The van der Waals surface area contributed by atoms with Crippen LogP contribution in [-0.4, -0.2) is 24.6 Å². The molecule has 4 nitrogen and oxygen atoms in total. The molecular formula is C11H17N3O. The Hall–Kier alpha value is -1.71. The molecule has 0 aliphatic heterocycles. The van der Waals surface area contributed by atoms with Crippen molar-refractivity contribution in [2.45, 2.75) is 13.3 Å². The predicted octanol–water partition coefficient (Wildman–Crippen LogP) is 1.63. The van der Waals surface area contributed by atoms with E-state index in [4.69, 9.17) is 10.9 Å². The lowest BCUT2D eigenvalue weighted by Crippen LogP contribution is -2.18. The quantitative estimate of drug-likeness (QED) is 0.341. The molecule has 15 heavy (non-hydrogen) atoms. The SMILES string of the molecule is CCCN(C)c1ccc(/C(N)=N/O)cc1. The first-order chi connectivity index (χ1) is 7.19. The molecule has 1 rings (SSSR count). The highest BCUT2D eigenvalue weighted by Crippen LogP contribution is 2.13. The molecule has 1 aromatic carbocycles. The maximum atomic E-state index is 8.50. The average Bonchev–Trinajstić information content (AvgIpc) is 2.28. The fourth-order valence-corrected chi connectivity index (χ4v) is 1.41. The van der Waals surface area contributed by atoms with E-state index in [0.29, 0.717) is 0 Å². The summed E-state index contributed by atoms with van der Waals surface area (Å²) >= 11 is 0. The van der Waals surface area contributed by atoms with E-state index >= 15 is 0 Å². The fraction of sp³-hybridized carbons (Fsp3) is 0.364. The molecule has 0 unspecified atom stereocenters. The lowest BCUT2D eigenvalue weighted by Gasteiger charge is -2.18. The van der Waals surface area contributed by atoms with Crippen LogP contribution in [0.25, 0.3) is 0 Å². The van der Waals surface area contributed by atoms with Gasteiger partial charge >= 0.3 is 0 Å². The lowest BCUT2D eigenvalue weighted by molar-refractivity contribution is 0.318. The maximum absolute atomic E-state index is 8.50. The van der Waals surface area contributed by atoms with Gasteiger partial charge in [0.05, 0.1) is 0 Å². The molecule has 1 aromatic rings. The summed E-state index contributed by atoms with van der Waals surface area (Å²) < 4.78 is 0. The van der Waals surface area contributed by atoms with Crippen LogP contribution in [0.3, 0.4) is 0 Å². The molecule has 0 amide bonds. The molecule has 82 valence electrons. The van der Waals surface area contributed by atoms with Crippen LogP contribution in [0.15, 0.2) is 29.4 Å². The number of hydrogen-bond acceptors (Lipinski definition) is 3. The number of oxime groups is 1. The molecule has 0 saturated heterocycles. The second-order valence-electron chi connectivity index (χ2n) is 3.45. The highest BCUT2D eigenvalue weighted by atomic mass is 16.4. The third-order valence-corrected chi connectivity index (χ3v) is 2.27. The molecular weight excluding hydrogens is 190 g/mol. The smallest absolute Gasteiger partial charge is 0.170 e. The summed E-state index contributed by atoms with van der Waals surface area (Å²) in [6.45, 7) is 3.16. The first kappa shape index (κ1) is 11.4. The van der Waals surface area contributed by atoms with Crippen molar-refractivity contribution in [1.29, 1.82) is 0 Å². The highest BCUT2D eigenvalue weighted by molar-refractivity contribution is 5.97. The molecule has 0 bridgehead atoms. The van der Waals surface area contributed by atoms with Crippen molar-refractivity contribution in [3.8, 4) is 0 Å². The molecule has 0 aliphatic rings. The Bertz CT molecular complexity index is 332. The van der Waals surface area contributed by atoms with Crippen molar-refractivity contribution in [3.63, 3.8) is 0 Å². The Morgan fingerprint density at radius 2 is 2.00 bits per heavy atom. The number of anilines is 1. The highest BCUT2D eigenvalue weighted by Gasteiger charge is 2.01. The van der Waals surface area contributed by atoms with Crippen LogP contribution < -0.4 is 10.6 Å². The Morgan fingerprint density at radius 3 is 2.47 bits per heavy atom. The number of amidine groups is 1. The van der Waals surface area contributed by atoms with Crippen molar-refractivity contribution < 1.29 is 5.21 Å². The van der Waals surface area contributed by atoms with Crippen LogP contribution in [0, 0.1) is 0 Å². The van der Waals surface area contributed by atoms with Crippen molar-refractivity contribution in [3.05, 3.63) is 29.8 Å². The van der Waals surface area contributed by atoms with E-state index in [2.05, 4.69) is 17.0 Å². The van der Waals surface area contributed by atoms with Gasteiger partial charge in [0.15, 0.2) is 5.84 Å². The zero-order chi connectivity index (χ0) is 11.3. The topological polar surface area (TPSA) is 61.8 Å². The van der Waals surface area contributed by atoms with Gasteiger partial charge in [0, 0.05) is 24.8 Å². The van der Waals surface area contributed by atoms with Gasteiger partial charge in [-0.05, 0) is 30.7 Å². The van der Waals surface area contributed by atoms with E-state index in [0.717, 1.165) is 24.2 Å². The molecule has 0 saturated carbocycles. The molecule has 0 atom stereocenters.